The zero-order valence-electron chi connectivity index (χ0n) is 6.42. The summed E-state index contributed by atoms with van der Waals surface area (Å²) in [6, 6.07) is 0. The van der Waals surface area contributed by atoms with Crippen molar-refractivity contribution in [2.24, 2.45) is 11.8 Å². The number of carbonyl (C=O) groups is 2. The van der Waals surface area contributed by atoms with Crippen LogP contribution in [0.1, 0.15) is 20.8 Å². The van der Waals surface area contributed by atoms with Crippen LogP contribution in [0.4, 0.5) is 0 Å². The number of carboxylic acid groups (broad SMARTS) is 1. The quantitative estimate of drug-likeness (QED) is 0.474. The van der Waals surface area contributed by atoms with Crippen LogP contribution in [0.2, 0.25) is 0 Å². The smallest absolute Gasteiger partial charge is 0.314 e. The maximum atomic E-state index is 10.6. The maximum absolute atomic E-state index is 10.6. The molecule has 0 aliphatic carbocycles. The van der Waals surface area contributed by atoms with Crippen LogP contribution in [0, 0.1) is 11.8 Å². The molecule has 0 aromatic carbocycles. The van der Waals surface area contributed by atoms with Crippen LogP contribution >= 0.6 is 0 Å². The van der Waals surface area contributed by atoms with Crippen LogP contribution in [0.3, 0.4) is 0 Å². The Morgan fingerprint density at radius 3 is 1.64 bits per heavy atom. The third-order valence-corrected chi connectivity index (χ3v) is 1.37. The second-order valence-electron chi connectivity index (χ2n) is 2.67. The first kappa shape index (κ1) is 13.3. The minimum atomic E-state index is -1.03. The van der Waals surface area contributed by atoms with Gasteiger partial charge in [0.2, 0.25) is 0 Å². The van der Waals surface area contributed by atoms with E-state index in [1.165, 1.54) is 6.92 Å². The van der Waals surface area contributed by atoms with Gasteiger partial charge >= 0.3 is 5.97 Å². The highest BCUT2D eigenvalue weighted by Crippen LogP contribution is 2.11. The molecule has 0 aliphatic heterocycles. The van der Waals surface area contributed by atoms with Gasteiger partial charge in [0.25, 0.3) is 0 Å². The SMILES string of the molecule is CC(=O)C(C(=O)O)C(C)C.[AlH3]. The molecular weight excluding hydrogens is 159 g/mol. The summed E-state index contributed by atoms with van der Waals surface area (Å²) in [6.45, 7) is 4.75. The third kappa shape index (κ3) is 4.18. The van der Waals surface area contributed by atoms with Crippen molar-refractivity contribution in [2.45, 2.75) is 20.8 Å². The van der Waals surface area contributed by atoms with Crippen LogP contribution < -0.4 is 0 Å². The molecule has 1 unspecified atom stereocenters. The van der Waals surface area contributed by atoms with E-state index in [0.29, 0.717) is 0 Å². The van der Waals surface area contributed by atoms with Crippen molar-refractivity contribution in [1.82, 2.24) is 0 Å². The summed E-state index contributed by atoms with van der Waals surface area (Å²) in [6.07, 6.45) is 0. The number of hydrogen-bond donors (Lipinski definition) is 1. The van der Waals surface area contributed by atoms with Gasteiger partial charge < -0.3 is 5.11 Å². The summed E-state index contributed by atoms with van der Waals surface area (Å²) in [5.74, 6) is -2.25. The first-order valence-electron chi connectivity index (χ1n) is 3.20. The molecule has 11 heavy (non-hydrogen) atoms. The van der Waals surface area contributed by atoms with Gasteiger partial charge in [-0.05, 0) is 12.8 Å². The van der Waals surface area contributed by atoms with Crippen molar-refractivity contribution in [3.63, 3.8) is 0 Å². The molecular formula is C7H15AlO3. The fraction of sp³-hybridized carbons (Fsp3) is 0.714. The zero-order valence-corrected chi connectivity index (χ0v) is 6.42. The molecule has 0 aromatic rings. The molecule has 64 valence electrons. The zero-order chi connectivity index (χ0) is 8.31. The predicted molar refractivity (Wildman–Crippen MR) is 46.6 cm³/mol. The number of rotatable bonds is 3. The van der Waals surface area contributed by atoms with Crippen LogP contribution in [-0.4, -0.2) is 34.2 Å². The molecule has 1 N–H and O–H groups in total. The number of aliphatic carboxylic acids is 1. The Morgan fingerprint density at radius 1 is 1.27 bits per heavy atom. The Morgan fingerprint density at radius 2 is 1.64 bits per heavy atom. The normalized spacial score (nSPS) is 12.0. The molecule has 0 bridgehead atoms. The molecule has 0 heterocycles. The van der Waals surface area contributed by atoms with E-state index < -0.39 is 11.9 Å². The molecule has 0 fully saturated rings. The van der Waals surface area contributed by atoms with Gasteiger partial charge in [0.1, 0.15) is 11.7 Å². The number of Topliss-reactive ketones (excluding diaryl/α,β-unsaturated/α-hetero) is 1. The highest BCUT2D eigenvalue weighted by Gasteiger charge is 2.25. The average Bonchev–Trinajstić information content (AvgIpc) is 1.59. The topological polar surface area (TPSA) is 54.4 Å². The Balaban J connectivity index is 0. The molecule has 0 radical (unpaired) electrons. The Bertz CT molecular complexity index is 140. The molecule has 0 aromatic heterocycles. The van der Waals surface area contributed by atoms with Gasteiger partial charge in [-0.25, -0.2) is 0 Å². The minimum Gasteiger partial charge on any atom is -0.481 e. The molecule has 0 rings (SSSR count). The maximum Gasteiger partial charge on any atom is 0.314 e. The Labute approximate surface area is 76.9 Å². The first-order valence-corrected chi connectivity index (χ1v) is 3.20. The largest absolute Gasteiger partial charge is 0.481 e. The second kappa shape index (κ2) is 5.34. The number of carbonyl (C=O) groups excluding carboxylic acids is 1. The van der Waals surface area contributed by atoms with Crippen LogP contribution in [0.5, 0.6) is 0 Å². The lowest BCUT2D eigenvalue weighted by molar-refractivity contribution is -0.147. The summed E-state index contributed by atoms with van der Waals surface area (Å²) < 4.78 is 0. The monoisotopic (exact) mass is 174 g/mol. The van der Waals surface area contributed by atoms with E-state index in [4.69, 9.17) is 5.11 Å². The summed E-state index contributed by atoms with van der Waals surface area (Å²) in [5.41, 5.74) is 0. The van der Waals surface area contributed by atoms with Gasteiger partial charge in [-0.1, -0.05) is 13.8 Å². The van der Waals surface area contributed by atoms with Crippen molar-refractivity contribution in [3.8, 4) is 0 Å². The first-order chi connectivity index (χ1) is 4.46. The molecule has 1 atom stereocenters. The van der Waals surface area contributed by atoms with Gasteiger partial charge in [0, 0.05) is 0 Å². The molecule has 4 heteroatoms. The summed E-state index contributed by atoms with van der Waals surface area (Å²) >= 11 is 0. The highest BCUT2D eigenvalue weighted by atomic mass is 27.0. The number of carboxylic acids is 1. The van der Waals surface area contributed by atoms with Crippen molar-refractivity contribution >= 4 is 29.1 Å². The molecule has 3 nitrogen and oxygen atoms in total. The van der Waals surface area contributed by atoms with E-state index in [1.54, 1.807) is 13.8 Å². The van der Waals surface area contributed by atoms with E-state index >= 15 is 0 Å². The predicted octanol–water partition coefficient (Wildman–Crippen LogP) is -0.252. The van der Waals surface area contributed by atoms with Gasteiger partial charge in [0.15, 0.2) is 17.4 Å². The van der Waals surface area contributed by atoms with E-state index in [2.05, 4.69) is 0 Å². The third-order valence-electron chi connectivity index (χ3n) is 1.37. The summed E-state index contributed by atoms with van der Waals surface area (Å²) in [5, 5.41) is 8.49. The van der Waals surface area contributed by atoms with Gasteiger partial charge in [-0.2, -0.15) is 0 Å². The van der Waals surface area contributed by atoms with Gasteiger partial charge in [-0.3, -0.25) is 9.59 Å². The lowest BCUT2D eigenvalue weighted by atomic mass is 9.93. The number of hydrogen-bond acceptors (Lipinski definition) is 2. The fourth-order valence-electron chi connectivity index (χ4n) is 0.928. The molecule has 0 saturated heterocycles. The standard InChI is InChI=1S/C7H12O3.Al.3H/c1-4(2)6(5(3)8)7(9)10;;;;/h4,6H,1-3H3,(H,9,10);;;;. The lowest BCUT2D eigenvalue weighted by Gasteiger charge is -2.11. The van der Waals surface area contributed by atoms with E-state index in [0.717, 1.165) is 0 Å². The summed E-state index contributed by atoms with van der Waals surface area (Å²) in [4.78, 5) is 21.0. The van der Waals surface area contributed by atoms with Crippen LogP contribution in [-0.2, 0) is 9.59 Å². The van der Waals surface area contributed by atoms with Crippen molar-refractivity contribution in [2.75, 3.05) is 0 Å². The van der Waals surface area contributed by atoms with Crippen molar-refractivity contribution in [1.29, 1.82) is 0 Å². The van der Waals surface area contributed by atoms with Crippen molar-refractivity contribution < 1.29 is 14.7 Å². The van der Waals surface area contributed by atoms with Crippen LogP contribution in [0.15, 0.2) is 0 Å². The van der Waals surface area contributed by atoms with Gasteiger partial charge in [0.05, 0.1) is 0 Å². The van der Waals surface area contributed by atoms with E-state index in [-0.39, 0.29) is 29.1 Å². The summed E-state index contributed by atoms with van der Waals surface area (Å²) in [7, 11) is 0. The molecule has 0 aliphatic rings. The van der Waals surface area contributed by atoms with E-state index in [9.17, 15) is 9.59 Å². The van der Waals surface area contributed by atoms with Gasteiger partial charge in [-0.15, -0.1) is 0 Å². The van der Waals surface area contributed by atoms with Crippen LogP contribution in [0.25, 0.3) is 0 Å². The highest BCUT2D eigenvalue weighted by molar-refractivity contribution is 5.97. The van der Waals surface area contributed by atoms with E-state index in [1.807, 2.05) is 0 Å². The second-order valence-corrected chi connectivity index (χ2v) is 2.67. The fourth-order valence-corrected chi connectivity index (χ4v) is 0.928. The lowest BCUT2D eigenvalue weighted by Crippen LogP contribution is -2.26. The minimum absolute atomic E-state index is 0. The Kier molecular flexibility index (Phi) is 6.44. The average molecular weight is 174 g/mol. The number of ketones is 1. The molecule has 0 amide bonds. The Hall–Kier alpha value is -0.328. The molecule has 0 spiro atoms. The molecule has 0 saturated carbocycles. The van der Waals surface area contributed by atoms with Crippen molar-refractivity contribution in [3.05, 3.63) is 0 Å².